The number of benzene rings is 1. The van der Waals surface area contributed by atoms with E-state index >= 15 is 0 Å². The van der Waals surface area contributed by atoms with Gasteiger partial charge in [-0.1, -0.05) is 24.3 Å². The molecular formula is C23H40IN5O2. The third-order valence-corrected chi connectivity index (χ3v) is 5.28. The average Bonchev–Trinajstić information content (AvgIpc) is 3.09. The van der Waals surface area contributed by atoms with Crippen LogP contribution in [0.1, 0.15) is 52.2 Å². The molecule has 0 aromatic heterocycles. The van der Waals surface area contributed by atoms with Gasteiger partial charge in [0.25, 0.3) is 0 Å². The Morgan fingerprint density at radius 3 is 2.52 bits per heavy atom. The lowest BCUT2D eigenvalue weighted by atomic mass is 10.1. The van der Waals surface area contributed by atoms with Crippen molar-refractivity contribution >= 4 is 36.0 Å². The number of carbonyl (C=O) groups is 1. The third kappa shape index (κ3) is 9.22. The number of aliphatic imine (C=N–C) groups is 1. The van der Waals surface area contributed by atoms with Crippen LogP contribution < -0.4 is 10.6 Å². The molecule has 0 radical (unpaired) electrons. The molecule has 1 unspecified atom stereocenters. The number of hydrogen-bond acceptors (Lipinski definition) is 4. The quantitative estimate of drug-likeness (QED) is 0.323. The van der Waals surface area contributed by atoms with E-state index in [-0.39, 0.29) is 36.1 Å². The summed E-state index contributed by atoms with van der Waals surface area (Å²) in [4.78, 5) is 21.0. The molecule has 0 aliphatic carbocycles. The van der Waals surface area contributed by atoms with Gasteiger partial charge in [0.2, 0.25) is 0 Å². The maximum absolute atomic E-state index is 12.0. The normalized spacial score (nSPS) is 17.0. The van der Waals surface area contributed by atoms with Crippen LogP contribution in [0.25, 0.3) is 0 Å². The van der Waals surface area contributed by atoms with E-state index < -0.39 is 5.60 Å². The number of nitrogens with zero attached hydrogens (tertiary/aromatic N) is 3. The van der Waals surface area contributed by atoms with E-state index in [0.29, 0.717) is 6.04 Å². The standard InChI is InChI=1S/C23H39N5O2.HI/c1-17(2)27(7)15-19-11-9-8-10-18(19)14-25-21(24-6)28-13-12-20(16-28)26-22(29)30-23(3,4)5;/h8-11,17,20H,12-16H2,1-7H3,(H,24,25)(H,26,29);1H. The van der Waals surface area contributed by atoms with Crippen LogP contribution in [0.5, 0.6) is 0 Å². The zero-order valence-corrected chi connectivity index (χ0v) is 22.4. The Labute approximate surface area is 205 Å². The highest BCUT2D eigenvalue weighted by Gasteiger charge is 2.27. The summed E-state index contributed by atoms with van der Waals surface area (Å²) in [5.41, 5.74) is 2.10. The molecule has 1 heterocycles. The Morgan fingerprint density at radius 2 is 1.94 bits per heavy atom. The van der Waals surface area contributed by atoms with E-state index in [1.807, 2.05) is 20.8 Å². The summed E-state index contributed by atoms with van der Waals surface area (Å²) < 4.78 is 5.37. The fraction of sp³-hybridized carbons (Fsp3) is 0.652. The maximum atomic E-state index is 12.0. The highest BCUT2D eigenvalue weighted by Crippen LogP contribution is 2.15. The highest BCUT2D eigenvalue weighted by atomic mass is 127. The van der Waals surface area contributed by atoms with Crippen molar-refractivity contribution in [2.45, 2.75) is 71.8 Å². The SMILES string of the molecule is CN=C(NCc1ccccc1CN(C)C(C)C)N1CCC(NC(=O)OC(C)(C)C)C1.I. The van der Waals surface area contributed by atoms with Gasteiger partial charge in [-0.2, -0.15) is 0 Å². The summed E-state index contributed by atoms with van der Waals surface area (Å²) in [5, 5.41) is 6.46. The van der Waals surface area contributed by atoms with Crippen molar-refractivity contribution in [2.24, 2.45) is 4.99 Å². The predicted molar refractivity (Wildman–Crippen MR) is 138 cm³/mol. The van der Waals surface area contributed by atoms with Crippen LogP contribution in [0.15, 0.2) is 29.3 Å². The van der Waals surface area contributed by atoms with Gasteiger partial charge < -0.3 is 20.3 Å². The van der Waals surface area contributed by atoms with Gasteiger partial charge in [-0.05, 0) is 59.2 Å². The number of nitrogens with one attached hydrogen (secondary N) is 2. The summed E-state index contributed by atoms with van der Waals surface area (Å²) in [6.45, 7) is 13.2. The molecule has 1 aliphatic heterocycles. The molecule has 176 valence electrons. The summed E-state index contributed by atoms with van der Waals surface area (Å²) in [6.07, 6.45) is 0.510. The first-order valence-electron chi connectivity index (χ1n) is 10.8. The molecule has 8 heteroatoms. The van der Waals surface area contributed by atoms with Crippen molar-refractivity contribution in [1.29, 1.82) is 0 Å². The van der Waals surface area contributed by atoms with Gasteiger partial charge in [-0.15, -0.1) is 24.0 Å². The molecule has 1 saturated heterocycles. The zero-order valence-electron chi connectivity index (χ0n) is 20.1. The predicted octanol–water partition coefficient (Wildman–Crippen LogP) is 3.82. The van der Waals surface area contributed by atoms with Crippen LogP contribution in [0, 0.1) is 0 Å². The minimum Gasteiger partial charge on any atom is -0.444 e. The minimum absolute atomic E-state index is 0. The van der Waals surface area contributed by atoms with Gasteiger partial charge in [0, 0.05) is 39.3 Å². The topological polar surface area (TPSA) is 69.2 Å². The number of hydrogen-bond donors (Lipinski definition) is 2. The van der Waals surface area contributed by atoms with Gasteiger partial charge in [0.05, 0.1) is 6.04 Å². The van der Waals surface area contributed by atoms with E-state index in [1.165, 1.54) is 11.1 Å². The summed E-state index contributed by atoms with van der Waals surface area (Å²) in [5.74, 6) is 0.857. The van der Waals surface area contributed by atoms with Crippen LogP contribution >= 0.6 is 24.0 Å². The van der Waals surface area contributed by atoms with Crippen molar-refractivity contribution in [3.05, 3.63) is 35.4 Å². The number of ether oxygens (including phenoxy) is 1. The van der Waals surface area contributed by atoms with Gasteiger partial charge in [-0.25, -0.2) is 4.79 Å². The van der Waals surface area contributed by atoms with Crippen LogP contribution in [0.2, 0.25) is 0 Å². The first-order chi connectivity index (χ1) is 14.1. The number of guanidine groups is 1. The van der Waals surface area contributed by atoms with Crippen LogP contribution in [0.3, 0.4) is 0 Å². The molecule has 7 nitrogen and oxygen atoms in total. The Morgan fingerprint density at radius 1 is 1.29 bits per heavy atom. The second-order valence-electron chi connectivity index (χ2n) is 9.26. The number of halogens is 1. The molecule has 1 amide bonds. The number of rotatable bonds is 6. The summed E-state index contributed by atoms with van der Waals surface area (Å²) in [6, 6.07) is 9.09. The molecule has 0 saturated carbocycles. The first kappa shape index (κ1) is 27.5. The number of amides is 1. The fourth-order valence-corrected chi connectivity index (χ4v) is 3.39. The molecule has 1 fully saturated rings. The van der Waals surface area contributed by atoms with Gasteiger partial charge >= 0.3 is 6.09 Å². The fourth-order valence-electron chi connectivity index (χ4n) is 3.39. The molecule has 1 aromatic rings. The molecule has 0 spiro atoms. The Hall–Kier alpha value is -1.55. The van der Waals surface area contributed by atoms with Crippen molar-refractivity contribution in [3.63, 3.8) is 0 Å². The van der Waals surface area contributed by atoms with E-state index in [4.69, 9.17) is 4.74 Å². The van der Waals surface area contributed by atoms with Gasteiger partial charge in [0.1, 0.15) is 5.60 Å². The molecule has 1 atom stereocenters. The van der Waals surface area contributed by atoms with Crippen molar-refractivity contribution in [1.82, 2.24) is 20.4 Å². The van der Waals surface area contributed by atoms with E-state index in [0.717, 1.165) is 38.6 Å². The average molecular weight is 546 g/mol. The van der Waals surface area contributed by atoms with Crippen molar-refractivity contribution < 1.29 is 9.53 Å². The first-order valence-corrected chi connectivity index (χ1v) is 10.8. The van der Waals surface area contributed by atoms with Crippen molar-refractivity contribution in [2.75, 3.05) is 27.2 Å². The lowest BCUT2D eigenvalue weighted by Gasteiger charge is -2.25. The Balaban J connectivity index is 0.00000480. The number of carbonyl (C=O) groups excluding carboxylic acids is 1. The number of alkyl carbamates (subject to hydrolysis) is 1. The maximum Gasteiger partial charge on any atom is 0.407 e. The molecule has 1 aromatic carbocycles. The van der Waals surface area contributed by atoms with E-state index in [1.54, 1.807) is 7.05 Å². The number of likely N-dealkylation sites (tertiary alicyclic amines) is 1. The summed E-state index contributed by atoms with van der Waals surface area (Å²) >= 11 is 0. The zero-order chi connectivity index (χ0) is 22.3. The smallest absolute Gasteiger partial charge is 0.407 e. The Kier molecular flexibility index (Phi) is 11.1. The lowest BCUT2D eigenvalue weighted by Crippen LogP contribution is -2.44. The van der Waals surface area contributed by atoms with E-state index in [9.17, 15) is 4.79 Å². The summed E-state index contributed by atoms with van der Waals surface area (Å²) in [7, 11) is 3.95. The largest absolute Gasteiger partial charge is 0.444 e. The second kappa shape index (κ2) is 12.5. The van der Waals surface area contributed by atoms with Gasteiger partial charge in [0.15, 0.2) is 5.96 Å². The minimum atomic E-state index is -0.489. The second-order valence-corrected chi connectivity index (χ2v) is 9.26. The molecular weight excluding hydrogens is 505 g/mol. The molecule has 31 heavy (non-hydrogen) atoms. The molecule has 2 N–H and O–H groups in total. The highest BCUT2D eigenvalue weighted by molar-refractivity contribution is 14.0. The van der Waals surface area contributed by atoms with Crippen LogP contribution in [0.4, 0.5) is 4.79 Å². The monoisotopic (exact) mass is 545 g/mol. The third-order valence-electron chi connectivity index (χ3n) is 5.28. The molecule has 1 aliphatic rings. The lowest BCUT2D eigenvalue weighted by molar-refractivity contribution is 0.0507. The van der Waals surface area contributed by atoms with Crippen LogP contribution in [-0.4, -0.2) is 66.7 Å². The van der Waals surface area contributed by atoms with Gasteiger partial charge in [-0.3, -0.25) is 9.89 Å². The van der Waals surface area contributed by atoms with E-state index in [2.05, 4.69) is 70.6 Å². The molecule has 0 bridgehead atoms. The van der Waals surface area contributed by atoms with Crippen molar-refractivity contribution in [3.8, 4) is 0 Å². The molecule has 2 rings (SSSR count). The Bertz CT molecular complexity index is 733. The van der Waals surface area contributed by atoms with Crippen LogP contribution in [-0.2, 0) is 17.8 Å².